The lowest BCUT2D eigenvalue weighted by Crippen LogP contribution is -2.15. The normalized spacial score (nSPS) is 9.79. The van der Waals surface area contributed by atoms with E-state index in [1.54, 1.807) is 31.4 Å². The predicted molar refractivity (Wildman–Crippen MR) is 70.8 cm³/mol. The number of hydrogen-bond acceptors (Lipinski definition) is 6. The molecule has 0 aliphatic carbocycles. The first-order valence-corrected chi connectivity index (χ1v) is 5.47. The zero-order chi connectivity index (χ0) is 13.7. The summed E-state index contributed by atoms with van der Waals surface area (Å²) < 4.78 is 5.03. The number of hydrogen-bond donors (Lipinski definition) is 3. The lowest BCUT2D eigenvalue weighted by atomic mass is 10.3. The van der Waals surface area contributed by atoms with Gasteiger partial charge in [0, 0.05) is 5.69 Å². The topological polar surface area (TPSA) is 102 Å². The number of nitrogens with two attached hydrogens (primary N) is 1. The van der Waals surface area contributed by atoms with Crippen molar-refractivity contribution in [3.8, 4) is 5.75 Å². The van der Waals surface area contributed by atoms with Crippen LogP contribution in [-0.4, -0.2) is 23.0 Å². The molecule has 2 aromatic rings. The first kappa shape index (κ1) is 12.8. The van der Waals surface area contributed by atoms with Crippen molar-refractivity contribution in [1.82, 2.24) is 9.97 Å². The molecule has 0 aliphatic heterocycles. The monoisotopic (exact) mass is 259 g/mol. The van der Waals surface area contributed by atoms with Crippen LogP contribution < -0.4 is 21.3 Å². The summed E-state index contributed by atoms with van der Waals surface area (Å²) in [5.41, 5.74) is 3.19. The third kappa shape index (κ3) is 3.17. The van der Waals surface area contributed by atoms with E-state index >= 15 is 0 Å². The molecule has 0 aliphatic rings. The van der Waals surface area contributed by atoms with Crippen LogP contribution in [-0.2, 0) is 0 Å². The Labute approximate surface area is 109 Å². The van der Waals surface area contributed by atoms with Crippen LogP contribution in [0.25, 0.3) is 0 Å². The number of anilines is 2. The van der Waals surface area contributed by atoms with E-state index in [1.165, 1.54) is 12.4 Å². The fourth-order valence-corrected chi connectivity index (χ4v) is 1.39. The molecule has 0 unspecified atom stereocenters. The molecule has 0 saturated heterocycles. The van der Waals surface area contributed by atoms with Gasteiger partial charge in [0.05, 0.1) is 19.5 Å². The van der Waals surface area contributed by atoms with Gasteiger partial charge in [-0.15, -0.1) is 0 Å². The van der Waals surface area contributed by atoms with Gasteiger partial charge in [0.15, 0.2) is 5.82 Å². The number of aromatic nitrogens is 2. The van der Waals surface area contributed by atoms with Crippen LogP contribution in [0.1, 0.15) is 10.5 Å². The Balaban J connectivity index is 2.06. The SMILES string of the molecule is COc1ccc(NC(=O)c2cnc(NN)cn2)cc1. The fraction of sp³-hybridized carbons (Fsp3) is 0.0833. The Bertz CT molecular complexity index is 553. The Morgan fingerprint density at radius 2 is 1.95 bits per heavy atom. The lowest BCUT2D eigenvalue weighted by molar-refractivity contribution is 0.102. The summed E-state index contributed by atoms with van der Waals surface area (Å²) in [5.74, 6) is 5.92. The van der Waals surface area contributed by atoms with Crippen LogP contribution in [0.5, 0.6) is 5.75 Å². The number of carbonyl (C=O) groups excluding carboxylic acids is 1. The van der Waals surface area contributed by atoms with Crippen molar-refractivity contribution in [2.75, 3.05) is 17.9 Å². The fourth-order valence-electron chi connectivity index (χ4n) is 1.39. The molecule has 0 saturated carbocycles. The maximum absolute atomic E-state index is 11.9. The second kappa shape index (κ2) is 5.78. The zero-order valence-electron chi connectivity index (χ0n) is 10.3. The van der Waals surface area contributed by atoms with E-state index in [2.05, 4.69) is 20.7 Å². The van der Waals surface area contributed by atoms with Crippen LogP contribution >= 0.6 is 0 Å². The molecule has 98 valence electrons. The second-order valence-electron chi connectivity index (χ2n) is 3.61. The third-order valence-electron chi connectivity index (χ3n) is 2.38. The average Bonchev–Trinajstić information content (AvgIpc) is 2.48. The third-order valence-corrected chi connectivity index (χ3v) is 2.38. The van der Waals surface area contributed by atoms with E-state index in [9.17, 15) is 4.79 Å². The summed E-state index contributed by atoms with van der Waals surface area (Å²) in [6.07, 6.45) is 2.72. The second-order valence-corrected chi connectivity index (χ2v) is 3.61. The van der Waals surface area contributed by atoms with Crippen molar-refractivity contribution < 1.29 is 9.53 Å². The standard InChI is InChI=1S/C12H13N5O2/c1-19-9-4-2-8(3-5-9)16-12(18)10-6-15-11(17-13)7-14-10/h2-7H,13H2,1H3,(H,15,17)(H,16,18). The van der Waals surface area contributed by atoms with E-state index in [4.69, 9.17) is 10.6 Å². The summed E-state index contributed by atoms with van der Waals surface area (Å²) in [6, 6.07) is 6.98. The summed E-state index contributed by atoms with van der Waals surface area (Å²) in [4.78, 5) is 19.7. The van der Waals surface area contributed by atoms with Crippen LogP contribution in [0.2, 0.25) is 0 Å². The van der Waals surface area contributed by atoms with Crippen molar-refractivity contribution >= 4 is 17.4 Å². The van der Waals surface area contributed by atoms with Crippen molar-refractivity contribution in [3.05, 3.63) is 42.4 Å². The number of benzene rings is 1. The highest BCUT2D eigenvalue weighted by Gasteiger charge is 2.08. The van der Waals surface area contributed by atoms with Gasteiger partial charge in [-0.1, -0.05) is 0 Å². The van der Waals surface area contributed by atoms with Gasteiger partial charge in [-0.05, 0) is 24.3 Å². The van der Waals surface area contributed by atoms with E-state index in [-0.39, 0.29) is 11.6 Å². The van der Waals surface area contributed by atoms with Crippen LogP contribution in [0, 0.1) is 0 Å². The molecule has 7 nitrogen and oxygen atoms in total. The number of carbonyl (C=O) groups is 1. The van der Waals surface area contributed by atoms with Crippen LogP contribution in [0.4, 0.5) is 11.5 Å². The molecule has 19 heavy (non-hydrogen) atoms. The van der Waals surface area contributed by atoms with Gasteiger partial charge in [0.1, 0.15) is 11.4 Å². The molecule has 4 N–H and O–H groups in total. The molecule has 0 radical (unpaired) electrons. The number of ether oxygens (including phenoxy) is 1. The van der Waals surface area contributed by atoms with Crippen molar-refractivity contribution in [2.45, 2.75) is 0 Å². The molecule has 0 atom stereocenters. The van der Waals surface area contributed by atoms with Gasteiger partial charge in [-0.2, -0.15) is 0 Å². The molecular weight excluding hydrogens is 246 g/mol. The van der Waals surface area contributed by atoms with Gasteiger partial charge in [-0.25, -0.2) is 15.8 Å². The number of rotatable bonds is 4. The molecule has 0 spiro atoms. The summed E-state index contributed by atoms with van der Waals surface area (Å²) in [7, 11) is 1.58. The molecule has 7 heteroatoms. The van der Waals surface area contributed by atoms with Gasteiger partial charge in [0.2, 0.25) is 0 Å². The average molecular weight is 259 g/mol. The largest absolute Gasteiger partial charge is 0.497 e. The Morgan fingerprint density at radius 3 is 2.47 bits per heavy atom. The molecule has 1 amide bonds. The minimum atomic E-state index is -0.346. The smallest absolute Gasteiger partial charge is 0.275 e. The lowest BCUT2D eigenvalue weighted by Gasteiger charge is -2.06. The summed E-state index contributed by atoms with van der Waals surface area (Å²) in [5, 5.41) is 2.70. The molecule has 0 fully saturated rings. The van der Waals surface area contributed by atoms with Crippen molar-refractivity contribution in [3.63, 3.8) is 0 Å². The van der Waals surface area contributed by atoms with Gasteiger partial charge >= 0.3 is 0 Å². The summed E-state index contributed by atoms with van der Waals surface area (Å²) >= 11 is 0. The number of amides is 1. The maximum atomic E-state index is 11.9. The number of hydrazine groups is 1. The van der Waals surface area contributed by atoms with E-state index in [0.29, 0.717) is 11.5 Å². The van der Waals surface area contributed by atoms with Gasteiger partial charge in [0.25, 0.3) is 5.91 Å². The van der Waals surface area contributed by atoms with Crippen molar-refractivity contribution in [1.29, 1.82) is 0 Å². The van der Waals surface area contributed by atoms with Crippen LogP contribution in [0.15, 0.2) is 36.7 Å². The zero-order valence-corrected chi connectivity index (χ0v) is 10.3. The molecular formula is C12H13N5O2. The number of nitrogens with zero attached hydrogens (tertiary/aromatic N) is 2. The van der Waals surface area contributed by atoms with E-state index in [0.717, 1.165) is 5.75 Å². The van der Waals surface area contributed by atoms with E-state index < -0.39 is 0 Å². The molecule has 0 bridgehead atoms. The van der Waals surface area contributed by atoms with Gasteiger partial charge < -0.3 is 15.5 Å². The minimum Gasteiger partial charge on any atom is -0.497 e. The van der Waals surface area contributed by atoms with Crippen LogP contribution in [0.3, 0.4) is 0 Å². The Hall–Kier alpha value is -2.67. The Kier molecular flexibility index (Phi) is 3.89. The molecule has 1 heterocycles. The molecule has 1 aromatic heterocycles. The first-order chi connectivity index (χ1) is 9.22. The number of nitrogens with one attached hydrogen (secondary N) is 2. The predicted octanol–water partition coefficient (Wildman–Crippen LogP) is 1.02. The number of methoxy groups -OCH3 is 1. The highest BCUT2D eigenvalue weighted by atomic mass is 16.5. The van der Waals surface area contributed by atoms with Crippen molar-refractivity contribution in [2.24, 2.45) is 5.84 Å². The molecule has 1 aromatic carbocycles. The highest BCUT2D eigenvalue weighted by molar-refractivity contribution is 6.02. The van der Waals surface area contributed by atoms with Gasteiger partial charge in [-0.3, -0.25) is 4.79 Å². The minimum absolute atomic E-state index is 0.204. The quantitative estimate of drug-likeness (QED) is 0.559. The highest BCUT2D eigenvalue weighted by Crippen LogP contribution is 2.15. The number of nitrogen functional groups attached to an aromatic ring is 1. The maximum Gasteiger partial charge on any atom is 0.275 e. The first-order valence-electron chi connectivity index (χ1n) is 5.47. The Morgan fingerprint density at radius 1 is 1.21 bits per heavy atom. The van der Waals surface area contributed by atoms with E-state index in [1.807, 2.05) is 0 Å². The summed E-state index contributed by atoms with van der Waals surface area (Å²) in [6.45, 7) is 0. The molecule has 2 rings (SSSR count).